The minimum atomic E-state index is 0.0303. The van der Waals surface area contributed by atoms with E-state index in [0.29, 0.717) is 17.0 Å². The van der Waals surface area contributed by atoms with E-state index >= 15 is 0 Å². The van der Waals surface area contributed by atoms with E-state index in [1.807, 2.05) is 42.5 Å². The number of nitrogens with zero attached hydrogens (tertiary/aromatic N) is 1. The smallest absolute Gasteiger partial charge is 0.238 e. The van der Waals surface area contributed by atoms with Crippen LogP contribution in [-0.4, -0.2) is 17.9 Å². The van der Waals surface area contributed by atoms with Crippen LogP contribution < -0.4 is 10.1 Å². The molecule has 1 N–H and O–H groups in total. The van der Waals surface area contributed by atoms with Crippen LogP contribution in [0.25, 0.3) is 22.0 Å². The first kappa shape index (κ1) is 20.3. The molecule has 5 rings (SSSR count). The van der Waals surface area contributed by atoms with Gasteiger partial charge in [-0.15, -0.1) is 0 Å². The lowest BCUT2D eigenvalue weighted by molar-refractivity contribution is 0.104. The molecule has 1 heterocycles. The summed E-state index contributed by atoms with van der Waals surface area (Å²) in [4.78, 5) is 18.1. The van der Waals surface area contributed by atoms with Crippen LogP contribution in [0.1, 0.15) is 48.7 Å². The highest BCUT2D eigenvalue weighted by molar-refractivity contribution is 6.26. The van der Waals surface area contributed by atoms with Gasteiger partial charge in [0.15, 0.2) is 5.78 Å². The zero-order valence-corrected chi connectivity index (χ0v) is 18.8. The second-order valence-electron chi connectivity index (χ2n) is 8.89. The predicted octanol–water partition coefficient (Wildman–Crippen LogP) is 6.89. The maximum absolute atomic E-state index is 13.2. The number of rotatable bonds is 5. The fraction of sp³-hybridized carbons (Fsp3) is 0.214. The molecule has 0 radical (unpaired) electrons. The second-order valence-corrected chi connectivity index (χ2v) is 8.89. The molecule has 160 valence electrons. The van der Waals surface area contributed by atoms with Crippen LogP contribution in [0, 0.1) is 0 Å². The molecule has 32 heavy (non-hydrogen) atoms. The maximum Gasteiger partial charge on any atom is 0.238 e. The number of pyridine rings is 1. The molecule has 0 saturated carbocycles. The molecule has 0 atom stereocenters. The minimum absolute atomic E-state index is 0.0303. The Morgan fingerprint density at radius 3 is 2.28 bits per heavy atom. The van der Waals surface area contributed by atoms with Crippen molar-refractivity contribution in [3.8, 4) is 17.1 Å². The lowest BCUT2D eigenvalue weighted by Crippen LogP contribution is -2.15. The van der Waals surface area contributed by atoms with Crippen LogP contribution in [0.5, 0.6) is 5.88 Å². The van der Waals surface area contributed by atoms with Crippen molar-refractivity contribution in [1.82, 2.24) is 4.98 Å². The number of fused-ring (bicyclic) bond motifs is 2. The quantitative estimate of drug-likeness (QED) is 0.335. The van der Waals surface area contributed by atoms with Crippen LogP contribution in [0.2, 0.25) is 0 Å². The number of ether oxygens (including phenoxy) is 1. The molecule has 0 fully saturated rings. The molecule has 0 saturated heterocycles. The zero-order valence-electron chi connectivity index (χ0n) is 18.8. The fourth-order valence-corrected chi connectivity index (χ4v) is 4.38. The van der Waals surface area contributed by atoms with E-state index in [1.165, 1.54) is 5.56 Å². The number of carbonyl (C=O) groups is 1. The lowest BCUT2D eigenvalue weighted by Gasteiger charge is -2.24. The average molecular weight is 423 g/mol. The first-order valence-corrected chi connectivity index (χ1v) is 11.0. The van der Waals surface area contributed by atoms with Gasteiger partial charge in [-0.2, -0.15) is 0 Å². The van der Waals surface area contributed by atoms with Gasteiger partial charge >= 0.3 is 0 Å². The number of nitrogens with one attached hydrogen (secondary N) is 1. The maximum atomic E-state index is 13.2. The summed E-state index contributed by atoms with van der Waals surface area (Å²) in [7, 11) is 1.63. The molecular formula is C28H26N2O2. The van der Waals surface area contributed by atoms with E-state index in [4.69, 9.17) is 9.72 Å². The number of ketones is 1. The molecule has 4 heteroatoms. The summed E-state index contributed by atoms with van der Waals surface area (Å²) >= 11 is 0. The summed E-state index contributed by atoms with van der Waals surface area (Å²) in [6.07, 6.45) is 1.07. The summed E-state index contributed by atoms with van der Waals surface area (Å²) in [6.45, 7) is 6.71. The van der Waals surface area contributed by atoms with Crippen molar-refractivity contribution in [2.24, 2.45) is 0 Å². The Morgan fingerprint density at radius 2 is 1.59 bits per heavy atom. The molecule has 0 bridgehead atoms. The molecular weight excluding hydrogens is 396 g/mol. The van der Waals surface area contributed by atoms with E-state index in [9.17, 15) is 4.79 Å². The van der Waals surface area contributed by atoms with Gasteiger partial charge in [0.25, 0.3) is 0 Å². The molecule has 0 spiro atoms. The number of anilines is 2. The lowest BCUT2D eigenvalue weighted by atomic mass is 9.82. The van der Waals surface area contributed by atoms with Crippen molar-refractivity contribution in [2.45, 2.75) is 32.6 Å². The Balaban J connectivity index is 1.68. The summed E-state index contributed by atoms with van der Waals surface area (Å²) in [5.74, 6) is 0.537. The van der Waals surface area contributed by atoms with Crippen LogP contribution in [0.15, 0.2) is 66.7 Å². The van der Waals surface area contributed by atoms with Gasteiger partial charge in [-0.3, -0.25) is 4.79 Å². The van der Waals surface area contributed by atoms with Gasteiger partial charge in [-0.25, -0.2) is 4.98 Å². The van der Waals surface area contributed by atoms with Gasteiger partial charge < -0.3 is 10.1 Å². The Labute approximate surface area is 188 Å². The monoisotopic (exact) mass is 422 g/mol. The minimum Gasteiger partial charge on any atom is -0.479 e. The number of hydrogen-bond donors (Lipinski definition) is 1. The van der Waals surface area contributed by atoms with Crippen molar-refractivity contribution in [3.05, 3.63) is 83.4 Å². The van der Waals surface area contributed by atoms with Gasteiger partial charge in [0.1, 0.15) is 5.69 Å². The van der Waals surface area contributed by atoms with Crippen LogP contribution in [0.3, 0.4) is 0 Å². The second kappa shape index (κ2) is 7.49. The number of carbonyl (C=O) groups excluding carboxylic acids is 1. The predicted molar refractivity (Wildman–Crippen MR) is 130 cm³/mol. The molecule has 1 aliphatic rings. The van der Waals surface area contributed by atoms with Crippen molar-refractivity contribution in [3.63, 3.8) is 0 Å². The van der Waals surface area contributed by atoms with Gasteiger partial charge in [0, 0.05) is 33.2 Å². The normalized spacial score (nSPS) is 12.6. The standard InChI is InChI=1S/C28H26N2O2/c1-5-28(2,3)17-13-15-18(16-14-17)29-25-21-11-8-12-22-23(21)24(30-27(25)32-4)19-9-6-7-10-20(19)26(22)31/h6-16,29H,5H2,1-4H3. The van der Waals surface area contributed by atoms with Crippen LogP contribution in [0.4, 0.5) is 11.4 Å². The molecule has 0 amide bonds. The molecule has 0 unspecified atom stereocenters. The van der Waals surface area contributed by atoms with Gasteiger partial charge in [0.2, 0.25) is 5.88 Å². The third-order valence-electron chi connectivity index (χ3n) is 6.68. The van der Waals surface area contributed by atoms with Crippen molar-refractivity contribution in [2.75, 3.05) is 12.4 Å². The number of aromatic nitrogens is 1. The first-order chi connectivity index (χ1) is 15.4. The third kappa shape index (κ3) is 3.06. The average Bonchev–Trinajstić information content (AvgIpc) is 2.83. The number of hydrogen-bond acceptors (Lipinski definition) is 4. The largest absolute Gasteiger partial charge is 0.479 e. The summed E-state index contributed by atoms with van der Waals surface area (Å²) < 4.78 is 5.71. The number of methoxy groups -OCH3 is 1. The molecule has 4 nitrogen and oxygen atoms in total. The summed E-state index contributed by atoms with van der Waals surface area (Å²) in [6, 6.07) is 21.9. The van der Waals surface area contributed by atoms with Crippen molar-refractivity contribution in [1.29, 1.82) is 0 Å². The number of benzene rings is 3. The summed E-state index contributed by atoms with van der Waals surface area (Å²) in [5.41, 5.74) is 6.13. The fourth-order valence-electron chi connectivity index (χ4n) is 4.38. The van der Waals surface area contributed by atoms with E-state index < -0.39 is 0 Å². The van der Waals surface area contributed by atoms with E-state index in [2.05, 4.69) is 50.4 Å². The molecule has 3 aromatic carbocycles. The van der Waals surface area contributed by atoms with E-state index in [-0.39, 0.29) is 11.2 Å². The van der Waals surface area contributed by atoms with Crippen molar-refractivity contribution < 1.29 is 9.53 Å². The van der Waals surface area contributed by atoms with Gasteiger partial charge in [-0.1, -0.05) is 75.4 Å². The Kier molecular flexibility index (Phi) is 4.74. The molecule has 1 aliphatic carbocycles. The summed E-state index contributed by atoms with van der Waals surface area (Å²) in [5, 5.41) is 5.29. The van der Waals surface area contributed by atoms with Gasteiger partial charge in [0.05, 0.1) is 12.8 Å². The highest BCUT2D eigenvalue weighted by atomic mass is 16.5. The van der Waals surface area contributed by atoms with Crippen LogP contribution >= 0.6 is 0 Å². The Morgan fingerprint density at radius 1 is 0.906 bits per heavy atom. The van der Waals surface area contributed by atoms with E-state index in [0.717, 1.165) is 39.8 Å². The first-order valence-electron chi connectivity index (χ1n) is 11.0. The Bertz CT molecular complexity index is 1350. The zero-order chi connectivity index (χ0) is 22.5. The molecule has 1 aromatic heterocycles. The highest BCUT2D eigenvalue weighted by Crippen LogP contribution is 2.44. The van der Waals surface area contributed by atoms with Crippen LogP contribution in [-0.2, 0) is 5.41 Å². The highest BCUT2D eigenvalue weighted by Gasteiger charge is 2.28. The Hall–Kier alpha value is -3.66. The van der Waals surface area contributed by atoms with Gasteiger partial charge in [-0.05, 0) is 29.5 Å². The third-order valence-corrected chi connectivity index (χ3v) is 6.68. The topological polar surface area (TPSA) is 51.2 Å². The van der Waals surface area contributed by atoms with E-state index in [1.54, 1.807) is 7.11 Å². The molecule has 4 aromatic rings. The SMILES string of the molecule is CCC(C)(C)c1ccc(Nc2c(OC)nc3c4c(cccc24)C(=O)c2ccccc2-3)cc1. The molecule has 0 aliphatic heterocycles. The van der Waals surface area contributed by atoms with Crippen molar-refractivity contribution >= 4 is 27.9 Å².